The minimum absolute atomic E-state index is 0.289. The molecule has 0 amide bonds. The van der Waals surface area contributed by atoms with E-state index in [1.165, 1.54) is 5.56 Å². The summed E-state index contributed by atoms with van der Waals surface area (Å²) in [4.78, 5) is 4.29. The maximum atomic E-state index is 5.90. The molecule has 1 atom stereocenters. The summed E-state index contributed by atoms with van der Waals surface area (Å²) in [6, 6.07) is 6.24. The van der Waals surface area contributed by atoms with Gasteiger partial charge in [0.2, 0.25) is 0 Å². The molecule has 0 radical (unpaired) electrons. The molecule has 29 heavy (non-hydrogen) atoms. The van der Waals surface area contributed by atoms with E-state index < -0.39 is 0 Å². The molecule has 1 unspecified atom stereocenters. The molecule has 1 heterocycles. The Kier molecular flexibility index (Phi) is 11.5. The number of guanidine groups is 1. The Morgan fingerprint density at radius 2 is 2.10 bits per heavy atom. The Labute approximate surface area is 175 Å². The van der Waals surface area contributed by atoms with Crippen LogP contribution in [0.3, 0.4) is 0 Å². The van der Waals surface area contributed by atoms with E-state index in [1.54, 1.807) is 7.05 Å². The average molecular weight is 408 g/mol. The first kappa shape index (κ1) is 23.4. The smallest absolute Gasteiger partial charge is 0.191 e. The van der Waals surface area contributed by atoms with Crippen molar-refractivity contribution in [1.82, 2.24) is 10.6 Å². The second kappa shape index (κ2) is 14.2. The van der Waals surface area contributed by atoms with E-state index in [0.29, 0.717) is 33.0 Å². The minimum Gasteiger partial charge on any atom is -0.491 e. The zero-order valence-corrected chi connectivity index (χ0v) is 18.2. The van der Waals surface area contributed by atoms with Crippen LogP contribution >= 0.6 is 0 Å². The van der Waals surface area contributed by atoms with Crippen molar-refractivity contribution in [1.29, 1.82) is 0 Å². The fourth-order valence-electron chi connectivity index (χ4n) is 3.07. The quantitative estimate of drug-likeness (QED) is 0.298. The fraction of sp³-hybridized carbons (Fsp3) is 0.682. The molecule has 1 saturated heterocycles. The van der Waals surface area contributed by atoms with Crippen LogP contribution in [0.15, 0.2) is 23.2 Å². The monoisotopic (exact) mass is 407 g/mol. The molecule has 0 aliphatic carbocycles. The Bertz CT molecular complexity index is 604. The number of nitrogens with one attached hydrogen (secondary N) is 2. The first-order valence-corrected chi connectivity index (χ1v) is 10.7. The zero-order valence-electron chi connectivity index (χ0n) is 18.2. The van der Waals surface area contributed by atoms with Gasteiger partial charge in [-0.25, -0.2) is 0 Å². The second-order valence-corrected chi connectivity index (χ2v) is 7.07. The van der Waals surface area contributed by atoms with Crippen LogP contribution in [0, 0.1) is 6.92 Å². The predicted octanol–water partition coefficient (Wildman–Crippen LogP) is 2.66. The van der Waals surface area contributed by atoms with Crippen LogP contribution < -0.4 is 15.4 Å². The summed E-state index contributed by atoms with van der Waals surface area (Å²) in [7, 11) is 1.78. The molecule has 7 nitrogen and oxygen atoms in total. The third-order valence-corrected chi connectivity index (χ3v) is 4.67. The highest BCUT2D eigenvalue weighted by molar-refractivity contribution is 5.79. The lowest BCUT2D eigenvalue weighted by molar-refractivity contribution is 0.0168. The molecule has 0 saturated carbocycles. The van der Waals surface area contributed by atoms with E-state index >= 15 is 0 Å². The molecule has 1 fully saturated rings. The maximum absolute atomic E-state index is 5.90. The highest BCUT2D eigenvalue weighted by Crippen LogP contribution is 2.20. The number of benzene rings is 1. The van der Waals surface area contributed by atoms with Gasteiger partial charge in [0, 0.05) is 45.5 Å². The normalized spacial score (nSPS) is 16.8. The maximum Gasteiger partial charge on any atom is 0.191 e. The van der Waals surface area contributed by atoms with Crippen LogP contribution in [-0.2, 0) is 20.8 Å². The van der Waals surface area contributed by atoms with Crippen molar-refractivity contribution in [3.05, 3.63) is 29.3 Å². The van der Waals surface area contributed by atoms with E-state index in [4.69, 9.17) is 18.9 Å². The summed E-state index contributed by atoms with van der Waals surface area (Å²) < 4.78 is 22.5. The van der Waals surface area contributed by atoms with Crippen molar-refractivity contribution in [3.8, 4) is 5.75 Å². The number of hydrogen-bond donors (Lipinski definition) is 2. The summed E-state index contributed by atoms with van der Waals surface area (Å²) in [5.41, 5.74) is 2.26. The van der Waals surface area contributed by atoms with Gasteiger partial charge in [-0.1, -0.05) is 12.1 Å². The Balaban J connectivity index is 1.67. The minimum atomic E-state index is 0.289. The number of aryl methyl sites for hydroxylation is 1. The molecule has 1 aliphatic heterocycles. The Morgan fingerprint density at radius 1 is 1.21 bits per heavy atom. The largest absolute Gasteiger partial charge is 0.491 e. The lowest BCUT2D eigenvalue weighted by Crippen LogP contribution is -2.37. The third kappa shape index (κ3) is 9.47. The van der Waals surface area contributed by atoms with E-state index in [1.807, 2.05) is 6.92 Å². The SMILES string of the molecule is CCOCCOc1cc(C)ccc1CNC(=NC)NCCCOCC1CCCO1. The summed E-state index contributed by atoms with van der Waals surface area (Å²) in [5, 5.41) is 6.68. The van der Waals surface area contributed by atoms with Crippen molar-refractivity contribution < 1.29 is 18.9 Å². The van der Waals surface area contributed by atoms with Gasteiger partial charge < -0.3 is 29.6 Å². The number of rotatable bonds is 13. The van der Waals surface area contributed by atoms with Crippen molar-refractivity contribution in [2.24, 2.45) is 4.99 Å². The molecule has 1 aliphatic rings. The van der Waals surface area contributed by atoms with Crippen LogP contribution in [0.5, 0.6) is 5.75 Å². The van der Waals surface area contributed by atoms with Crippen LogP contribution in [-0.4, -0.2) is 65.3 Å². The van der Waals surface area contributed by atoms with Gasteiger partial charge >= 0.3 is 0 Å². The van der Waals surface area contributed by atoms with Gasteiger partial charge in [0.25, 0.3) is 0 Å². The first-order valence-electron chi connectivity index (χ1n) is 10.7. The highest BCUT2D eigenvalue weighted by Gasteiger charge is 2.14. The highest BCUT2D eigenvalue weighted by atomic mass is 16.5. The van der Waals surface area contributed by atoms with E-state index in [0.717, 1.165) is 56.3 Å². The van der Waals surface area contributed by atoms with Gasteiger partial charge in [-0.15, -0.1) is 0 Å². The Morgan fingerprint density at radius 3 is 2.86 bits per heavy atom. The molecule has 2 rings (SSSR count). The van der Waals surface area contributed by atoms with Crippen molar-refractivity contribution in [2.45, 2.75) is 45.8 Å². The molecule has 1 aromatic rings. The lowest BCUT2D eigenvalue weighted by Gasteiger charge is -2.16. The summed E-state index contributed by atoms with van der Waals surface area (Å²) in [6.45, 7) is 9.62. The number of hydrogen-bond acceptors (Lipinski definition) is 5. The van der Waals surface area contributed by atoms with Gasteiger partial charge in [-0.2, -0.15) is 0 Å². The molecule has 2 N–H and O–H groups in total. The molecular formula is C22H37N3O4. The number of ether oxygens (including phenoxy) is 4. The van der Waals surface area contributed by atoms with Crippen LogP contribution in [0.1, 0.15) is 37.3 Å². The van der Waals surface area contributed by atoms with Gasteiger partial charge in [-0.3, -0.25) is 4.99 Å². The molecule has 0 bridgehead atoms. The van der Waals surface area contributed by atoms with Crippen LogP contribution in [0.2, 0.25) is 0 Å². The topological polar surface area (TPSA) is 73.3 Å². The van der Waals surface area contributed by atoms with Crippen molar-refractivity contribution in [2.75, 3.05) is 53.2 Å². The summed E-state index contributed by atoms with van der Waals surface area (Å²) in [5.74, 6) is 1.65. The summed E-state index contributed by atoms with van der Waals surface area (Å²) in [6.07, 6.45) is 3.48. The molecule has 7 heteroatoms. The van der Waals surface area contributed by atoms with Crippen molar-refractivity contribution >= 4 is 5.96 Å². The Hall–Kier alpha value is -1.83. The van der Waals surface area contributed by atoms with Gasteiger partial charge in [0.1, 0.15) is 12.4 Å². The van der Waals surface area contributed by atoms with Crippen LogP contribution in [0.4, 0.5) is 0 Å². The molecule has 0 aromatic heterocycles. The fourth-order valence-corrected chi connectivity index (χ4v) is 3.07. The number of aliphatic imine (C=N–C) groups is 1. The van der Waals surface area contributed by atoms with E-state index in [2.05, 4.69) is 40.7 Å². The molecule has 0 spiro atoms. The standard InChI is InChI=1S/C22H37N3O4/c1-4-26-13-14-29-21-15-18(2)8-9-19(21)16-25-22(23-3)24-10-6-11-27-17-20-7-5-12-28-20/h8-9,15,20H,4-7,10-14,16-17H2,1-3H3,(H2,23,24,25). The number of nitrogens with zero attached hydrogens (tertiary/aromatic N) is 1. The third-order valence-electron chi connectivity index (χ3n) is 4.67. The summed E-state index contributed by atoms with van der Waals surface area (Å²) >= 11 is 0. The van der Waals surface area contributed by atoms with Crippen molar-refractivity contribution in [3.63, 3.8) is 0 Å². The molecular weight excluding hydrogens is 370 g/mol. The van der Waals surface area contributed by atoms with Gasteiger partial charge in [0.05, 0.1) is 19.3 Å². The van der Waals surface area contributed by atoms with Crippen LogP contribution in [0.25, 0.3) is 0 Å². The lowest BCUT2D eigenvalue weighted by atomic mass is 10.1. The molecule has 1 aromatic carbocycles. The molecule has 164 valence electrons. The second-order valence-electron chi connectivity index (χ2n) is 7.07. The van der Waals surface area contributed by atoms with E-state index in [9.17, 15) is 0 Å². The van der Waals surface area contributed by atoms with E-state index in [-0.39, 0.29) is 6.10 Å². The first-order chi connectivity index (χ1) is 14.2. The average Bonchev–Trinajstić information content (AvgIpc) is 3.24. The van der Waals surface area contributed by atoms with Gasteiger partial charge in [0.15, 0.2) is 5.96 Å². The predicted molar refractivity (Wildman–Crippen MR) is 116 cm³/mol. The van der Waals surface area contributed by atoms with Gasteiger partial charge in [-0.05, 0) is 44.7 Å². The zero-order chi connectivity index (χ0) is 20.7.